The molecule has 0 aromatic carbocycles. The second-order valence-electron chi connectivity index (χ2n) is 8.67. The monoisotopic (exact) mass is 447 g/mol. The largest absolute Gasteiger partial charge is 0.391 e. The Kier molecular flexibility index (Phi) is 7.84. The number of rotatable bonds is 2. The number of hydrogen-bond donors (Lipinski definition) is 5. The molecule has 0 unspecified atom stereocenters. The molecule has 11 nitrogen and oxygen atoms in total. The van der Waals surface area contributed by atoms with Crippen LogP contribution in [-0.2, 0) is 20.8 Å². The zero-order valence-corrected chi connectivity index (χ0v) is 18.9. The number of anilines is 2. The molecule has 2 aliphatic heterocycles. The van der Waals surface area contributed by atoms with Gasteiger partial charge in [-0.3, -0.25) is 14.4 Å². The number of carbonyl (C=O) groups is 3. The standard InChI is InChI=1S/C21H33N7O4/c1-12(2)18-20(32)24-13(3)19(31)23-7-4-14-10-16(22-8-5-17(30)27-18)26-21(25-14)28-9-6-15(29)11-28/h10,12-13,15,18,29H,4-9,11H2,1-3H3,(H,23,31)(H,24,32)(H,27,30)(H,22,25,26)/t13-,15+,18+/m0/s1. The van der Waals surface area contributed by atoms with E-state index in [2.05, 4.69) is 31.2 Å². The number of β-amino-alcohol motifs (C(OH)–C–C–N with tert-alkyl or cyclic N) is 1. The molecular weight excluding hydrogens is 414 g/mol. The minimum absolute atomic E-state index is 0.135. The van der Waals surface area contributed by atoms with Gasteiger partial charge in [-0.15, -0.1) is 0 Å². The van der Waals surface area contributed by atoms with Gasteiger partial charge in [0.1, 0.15) is 17.9 Å². The van der Waals surface area contributed by atoms with Crippen LogP contribution in [0.25, 0.3) is 0 Å². The van der Waals surface area contributed by atoms with E-state index in [1.165, 1.54) is 0 Å². The highest BCUT2D eigenvalue weighted by molar-refractivity contribution is 5.92. The highest BCUT2D eigenvalue weighted by atomic mass is 16.3. The third kappa shape index (κ3) is 6.28. The molecule has 3 amide bonds. The van der Waals surface area contributed by atoms with Crippen molar-refractivity contribution in [2.75, 3.05) is 36.4 Å². The van der Waals surface area contributed by atoms with E-state index in [-0.39, 0.29) is 30.1 Å². The number of nitrogens with zero attached hydrogens (tertiary/aromatic N) is 3. The first-order valence-corrected chi connectivity index (χ1v) is 11.1. The Bertz CT molecular complexity index is 847. The third-order valence-corrected chi connectivity index (χ3v) is 5.57. The van der Waals surface area contributed by atoms with Crippen LogP contribution in [0, 0.1) is 5.92 Å². The average molecular weight is 448 g/mol. The first-order valence-electron chi connectivity index (χ1n) is 11.1. The van der Waals surface area contributed by atoms with Crippen molar-refractivity contribution in [2.24, 2.45) is 5.92 Å². The lowest BCUT2D eigenvalue weighted by molar-refractivity contribution is -0.132. The molecule has 3 rings (SSSR count). The lowest BCUT2D eigenvalue weighted by Gasteiger charge is -2.24. The summed E-state index contributed by atoms with van der Waals surface area (Å²) in [4.78, 5) is 48.5. The van der Waals surface area contributed by atoms with Crippen molar-refractivity contribution in [3.63, 3.8) is 0 Å². The van der Waals surface area contributed by atoms with Crippen molar-refractivity contribution in [3.05, 3.63) is 11.8 Å². The number of fused-ring (bicyclic) bond motifs is 2. The number of aliphatic hydroxyl groups excluding tert-OH is 1. The molecule has 2 bridgehead atoms. The van der Waals surface area contributed by atoms with Crippen molar-refractivity contribution in [2.45, 2.75) is 58.2 Å². The molecule has 0 aliphatic carbocycles. The SMILES string of the molecule is CC(C)[C@H]1NC(=O)CCNc2cc(nc(N3CC[C@@H](O)C3)n2)CCNC(=O)[C@H](C)NC1=O. The summed E-state index contributed by atoms with van der Waals surface area (Å²) in [6, 6.07) is 0.330. The molecule has 0 spiro atoms. The van der Waals surface area contributed by atoms with E-state index in [4.69, 9.17) is 0 Å². The molecule has 11 heteroatoms. The van der Waals surface area contributed by atoms with Crippen molar-refractivity contribution >= 4 is 29.5 Å². The van der Waals surface area contributed by atoms with Gasteiger partial charge in [0.2, 0.25) is 23.7 Å². The van der Waals surface area contributed by atoms with Gasteiger partial charge in [0.15, 0.2) is 0 Å². The predicted octanol–water partition coefficient (Wildman–Crippen LogP) is -0.833. The number of aliphatic hydroxyl groups is 1. The lowest BCUT2D eigenvalue weighted by Crippen LogP contribution is -2.54. The van der Waals surface area contributed by atoms with Crippen LogP contribution >= 0.6 is 0 Å². The fourth-order valence-corrected chi connectivity index (χ4v) is 3.69. The van der Waals surface area contributed by atoms with E-state index in [0.717, 1.165) is 5.69 Å². The van der Waals surface area contributed by atoms with Crippen LogP contribution in [0.2, 0.25) is 0 Å². The number of hydrogen-bond acceptors (Lipinski definition) is 8. The zero-order chi connectivity index (χ0) is 23.3. The van der Waals surface area contributed by atoms with E-state index in [1.807, 2.05) is 18.7 Å². The molecule has 2 aliphatic rings. The van der Waals surface area contributed by atoms with Crippen LogP contribution in [0.4, 0.5) is 11.8 Å². The molecule has 1 fully saturated rings. The van der Waals surface area contributed by atoms with E-state index in [1.54, 1.807) is 13.0 Å². The number of carbonyl (C=O) groups excluding carboxylic acids is 3. The van der Waals surface area contributed by atoms with E-state index >= 15 is 0 Å². The summed E-state index contributed by atoms with van der Waals surface area (Å²) in [5, 5.41) is 21.3. The molecule has 3 atom stereocenters. The summed E-state index contributed by atoms with van der Waals surface area (Å²) in [7, 11) is 0. The second kappa shape index (κ2) is 10.6. The molecule has 176 valence electrons. The van der Waals surface area contributed by atoms with Gasteiger partial charge >= 0.3 is 0 Å². The Hall–Kier alpha value is -2.95. The Balaban J connectivity index is 1.80. The maximum Gasteiger partial charge on any atom is 0.243 e. The fourth-order valence-electron chi connectivity index (χ4n) is 3.69. The summed E-state index contributed by atoms with van der Waals surface area (Å²) in [6.45, 7) is 7.11. The summed E-state index contributed by atoms with van der Waals surface area (Å²) < 4.78 is 0. The van der Waals surface area contributed by atoms with Crippen LogP contribution in [0.3, 0.4) is 0 Å². The van der Waals surface area contributed by atoms with Crippen LogP contribution in [0.5, 0.6) is 0 Å². The Morgan fingerprint density at radius 2 is 1.81 bits per heavy atom. The Morgan fingerprint density at radius 1 is 1.06 bits per heavy atom. The predicted molar refractivity (Wildman–Crippen MR) is 119 cm³/mol. The summed E-state index contributed by atoms with van der Waals surface area (Å²) in [5.74, 6) is -0.0174. The van der Waals surface area contributed by atoms with E-state index < -0.39 is 18.2 Å². The molecule has 1 aromatic heterocycles. The van der Waals surface area contributed by atoms with Gasteiger partial charge in [0, 0.05) is 50.8 Å². The number of amides is 3. The fraction of sp³-hybridized carbons (Fsp3) is 0.667. The first-order chi connectivity index (χ1) is 15.2. The van der Waals surface area contributed by atoms with Crippen molar-refractivity contribution in [3.8, 4) is 0 Å². The minimum Gasteiger partial charge on any atom is -0.391 e. The minimum atomic E-state index is -0.738. The summed E-state index contributed by atoms with van der Waals surface area (Å²) in [6.07, 6.45) is 0.886. The molecule has 3 heterocycles. The lowest BCUT2D eigenvalue weighted by atomic mass is 10.0. The maximum absolute atomic E-state index is 12.6. The summed E-state index contributed by atoms with van der Waals surface area (Å²) in [5.41, 5.74) is 0.729. The van der Waals surface area contributed by atoms with Gasteiger partial charge in [-0.1, -0.05) is 13.8 Å². The third-order valence-electron chi connectivity index (χ3n) is 5.57. The highest BCUT2D eigenvalue weighted by Crippen LogP contribution is 2.19. The van der Waals surface area contributed by atoms with Gasteiger partial charge in [0.05, 0.1) is 6.10 Å². The van der Waals surface area contributed by atoms with Crippen molar-refractivity contribution < 1.29 is 19.5 Å². The zero-order valence-electron chi connectivity index (χ0n) is 18.9. The molecule has 32 heavy (non-hydrogen) atoms. The summed E-state index contributed by atoms with van der Waals surface area (Å²) >= 11 is 0. The molecule has 0 saturated carbocycles. The van der Waals surface area contributed by atoms with Crippen molar-refractivity contribution in [1.29, 1.82) is 0 Å². The number of aromatic nitrogens is 2. The topological polar surface area (TPSA) is 149 Å². The maximum atomic E-state index is 12.6. The van der Waals surface area contributed by atoms with Crippen molar-refractivity contribution in [1.82, 2.24) is 25.9 Å². The smallest absolute Gasteiger partial charge is 0.243 e. The second-order valence-corrected chi connectivity index (χ2v) is 8.67. The number of nitrogens with one attached hydrogen (secondary N) is 4. The molecule has 1 saturated heterocycles. The van der Waals surface area contributed by atoms with Gasteiger partial charge in [-0.25, -0.2) is 4.98 Å². The molecule has 0 radical (unpaired) electrons. The van der Waals surface area contributed by atoms with Gasteiger partial charge in [-0.2, -0.15) is 4.98 Å². The molecule has 5 N–H and O–H groups in total. The quantitative estimate of drug-likeness (QED) is 0.394. The van der Waals surface area contributed by atoms with Gasteiger partial charge in [0.25, 0.3) is 0 Å². The molecule has 1 aromatic rings. The Morgan fingerprint density at radius 3 is 2.50 bits per heavy atom. The van der Waals surface area contributed by atoms with Crippen LogP contribution in [0.1, 0.15) is 39.3 Å². The van der Waals surface area contributed by atoms with E-state index in [0.29, 0.717) is 50.8 Å². The Labute approximate surface area is 187 Å². The van der Waals surface area contributed by atoms with Gasteiger partial charge < -0.3 is 31.3 Å². The van der Waals surface area contributed by atoms with Crippen LogP contribution < -0.4 is 26.2 Å². The van der Waals surface area contributed by atoms with E-state index in [9.17, 15) is 19.5 Å². The first kappa shape index (κ1) is 23.7. The normalized spacial score (nSPS) is 25.7. The van der Waals surface area contributed by atoms with Crippen LogP contribution in [-0.4, -0.2) is 77.2 Å². The molecular formula is C21H33N7O4. The average Bonchev–Trinajstić information content (AvgIpc) is 3.17. The van der Waals surface area contributed by atoms with Crippen LogP contribution in [0.15, 0.2) is 6.07 Å². The van der Waals surface area contributed by atoms with Gasteiger partial charge in [-0.05, 0) is 19.3 Å². The highest BCUT2D eigenvalue weighted by Gasteiger charge is 2.27.